The van der Waals surface area contributed by atoms with E-state index >= 15 is 0 Å². The van der Waals surface area contributed by atoms with Gasteiger partial charge < -0.3 is 4.74 Å². The lowest BCUT2D eigenvalue weighted by molar-refractivity contribution is 0.0342. The Morgan fingerprint density at radius 3 is 2.88 bits per heavy atom. The van der Waals surface area contributed by atoms with Gasteiger partial charge in [-0.25, -0.2) is 0 Å². The van der Waals surface area contributed by atoms with Crippen molar-refractivity contribution in [1.29, 1.82) is 0 Å². The molecule has 2 rings (SSSR count). The summed E-state index contributed by atoms with van der Waals surface area (Å²) in [5.41, 5.74) is 1.87. The van der Waals surface area contributed by atoms with E-state index < -0.39 is 0 Å². The molecule has 1 heterocycles. The van der Waals surface area contributed by atoms with Crippen molar-refractivity contribution >= 4 is 34.7 Å². The highest BCUT2D eigenvalue weighted by Crippen LogP contribution is 2.23. The maximum atomic E-state index is 6.17. The molecule has 0 N–H and O–H groups in total. The number of thiocarbonyl (C=S) groups is 1. The summed E-state index contributed by atoms with van der Waals surface area (Å²) in [7, 11) is 0. The van der Waals surface area contributed by atoms with Crippen LogP contribution in [-0.4, -0.2) is 36.4 Å². The van der Waals surface area contributed by atoms with Crippen LogP contribution in [0.1, 0.15) is 5.56 Å². The Bertz CT molecular complexity index is 440. The smallest absolute Gasteiger partial charge is 0.0743 e. The Morgan fingerprint density at radius 1 is 1.41 bits per heavy atom. The van der Waals surface area contributed by atoms with E-state index in [0.717, 1.165) is 49.1 Å². The van der Waals surface area contributed by atoms with Crippen LogP contribution in [0.15, 0.2) is 23.2 Å². The first-order chi connectivity index (χ1) is 8.29. The third kappa shape index (κ3) is 3.60. The van der Waals surface area contributed by atoms with Crippen LogP contribution in [0.3, 0.4) is 0 Å². The standard InChI is InChI=1S/C12H13ClN2OS/c13-12-2-1-11(14-9-17)7-10(12)8-15-3-5-16-6-4-15/h1-2,7H,3-6,8H2. The molecule has 1 fully saturated rings. The van der Waals surface area contributed by atoms with Crippen molar-refractivity contribution in [2.24, 2.45) is 4.99 Å². The van der Waals surface area contributed by atoms with E-state index in [-0.39, 0.29) is 0 Å². The molecule has 0 saturated carbocycles. The third-order valence-corrected chi connectivity index (χ3v) is 3.16. The molecular formula is C12H13ClN2OS. The van der Waals surface area contributed by atoms with Gasteiger partial charge in [0.15, 0.2) is 0 Å². The second-order valence-corrected chi connectivity index (χ2v) is 4.46. The Hall–Kier alpha value is -0.770. The molecule has 0 unspecified atom stereocenters. The van der Waals surface area contributed by atoms with Crippen LogP contribution in [-0.2, 0) is 11.3 Å². The van der Waals surface area contributed by atoms with Crippen LogP contribution >= 0.6 is 23.8 Å². The lowest BCUT2D eigenvalue weighted by atomic mass is 10.2. The van der Waals surface area contributed by atoms with Gasteiger partial charge >= 0.3 is 0 Å². The van der Waals surface area contributed by atoms with Crippen LogP contribution < -0.4 is 0 Å². The molecule has 1 aliphatic heterocycles. The molecule has 0 spiro atoms. The summed E-state index contributed by atoms with van der Waals surface area (Å²) in [6, 6.07) is 5.64. The maximum Gasteiger partial charge on any atom is 0.0743 e. The van der Waals surface area contributed by atoms with Gasteiger partial charge in [-0.3, -0.25) is 4.90 Å². The maximum absolute atomic E-state index is 6.17. The molecular weight excluding hydrogens is 256 g/mol. The molecule has 1 aromatic carbocycles. The van der Waals surface area contributed by atoms with E-state index in [1.165, 1.54) is 0 Å². The molecule has 0 radical (unpaired) electrons. The molecule has 90 valence electrons. The average Bonchev–Trinajstić information content (AvgIpc) is 2.35. The number of ether oxygens (including phenoxy) is 1. The summed E-state index contributed by atoms with van der Waals surface area (Å²) in [5.74, 6) is 0. The largest absolute Gasteiger partial charge is 0.379 e. The topological polar surface area (TPSA) is 24.8 Å². The first kappa shape index (κ1) is 12.7. The SMILES string of the molecule is S=C=Nc1ccc(Cl)c(CN2CCOCC2)c1. The van der Waals surface area contributed by atoms with Gasteiger partial charge in [0.2, 0.25) is 0 Å². The van der Waals surface area contributed by atoms with Crippen LogP contribution in [0.5, 0.6) is 0 Å². The number of benzene rings is 1. The molecule has 1 aromatic rings. The minimum Gasteiger partial charge on any atom is -0.379 e. The van der Waals surface area contributed by atoms with Gasteiger partial charge in [0.25, 0.3) is 0 Å². The van der Waals surface area contributed by atoms with Crippen molar-refractivity contribution in [3.05, 3.63) is 28.8 Å². The highest BCUT2D eigenvalue weighted by atomic mass is 35.5. The van der Waals surface area contributed by atoms with E-state index in [2.05, 4.69) is 27.3 Å². The Kier molecular flexibility index (Phi) is 4.66. The van der Waals surface area contributed by atoms with Crippen molar-refractivity contribution in [2.75, 3.05) is 26.3 Å². The summed E-state index contributed by atoms with van der Waals surface area (Å²) < 4.78 is 5.31. The summed E-state index contributed by atoms with van der Waals surface area (Å²) in [6.45, 7) is 4.28. The lowest BCUT2D eigenvalue weighted by Gasteiger charge is -2.26. The van der Waals surface area contributed by atoms with Crippen molar-refractivity contribution in [2.45, 2.75) is 6.54 Å². The number of hydrogen-bond acceptors (Lipinski definition) is 4. The predicted octanol–water partition coefficient (Wildman–Crippen LogP) is 2.91. The number of isothiocyanates is 1. The summed E-state index contributed by atoms with van der Waals surface area (Å²) in [5, 5.41) is 3.13. The quantitative estimate of drug-likeness (QED) is 0.622. The van der Waals surface area contributed by atoms with E-state index in [9.17, 15) is 0 Å². The number of morpholine rings is 1. The molecule has 0 amide bonds. The van der Waals surface area contributed by atoms with Crippen molar-refractivity contribution in [1.82, 2.24) is 4.90 Å². The second-order valence-electron chi connectivity index (χ2n) is 3.87. The number of hydrogen-bond donors (Lipinski definition) is 0. The molecule has 3 nitrogen and oxygen atoms in total. The van der Waals surface area contributed by atoms with E-state index in [4.69, 9.17) is 16.3 Å². The summed E-state index contributed by atoms with van der Waals surface area (Å²) in [6.07, 6.45) is 0. The zero-order valence-corrected chi connectivity index (χ0v) is 10.9. The van der Waals surface area contributed by atoms with Crippen LogP contribution in [0.2, 0.25) is 5.02 Å². The predicted molar refractivity (Wildman–Crippen MR) is 72.2 cm³/mol. The van der Waals surface area contributed by atoms with Crippen molar-refractivity contribution in [3.63, 3.8) is 0 Å². The highest BCUT2D eigenvalue weighted by Gasteiger charge is 2.12. The molecule has 1 aliphatic rings. The van der Waals surface area contributed by atoms with Gasteiger partial charge in [0.05, 0.1) is 24.1 Å². The van der Waals surface area contributed by atoms with Gasteiger partial charge in [-0.2, -0.15) is 4.99 Å². The van der Waals surface area contributed by atoms with Crippen molar-refractivity contribution < 1.29 is 4.74 Å². The highest BCUT2D eigenvalue weighted by molar-refractivity contribution is 7.78. The average molecular weight is 269 g/mol. The Labute approximate surface area is 111 Å². The molecule has 0 aliphatic carbocycles. The minimum atomic E-state index is 0.764. The van der Waals surface area contributed by atoms with Crippen molar-refractivity contribution in [3.8, 4) is 0 Å². The zero-order chi connectivity index (χ0) is 12.1. The fourth-order valence-corrected chi connectivity index (χ4v) is 2.09. The Morgan fingerprint density at radius 2 is 2.18 bits per heavy atom. The molecule has 1 saturated heterocycles. The van der Waals surface area contributed by atoms with Gasteiger partial charge in [-0.15, -0.1) is 0 Å². The monoisotopic (exact) mass is 268 g/mol. The number of aliphatic imine (C=N–C) groups is 1. The zero-order valence-electron chi connectivity index (χ0n) is 9.36. The normalized spacial score (nSPS) is 16.5. The molecule has 0 atom stereocenters. The van der Waals surface area contributed by atoms with Gasteiger partial charge in [-0.05, 0) is 36.0 Å². The number of halogens is 1. The van der Waals surface area contributed by atoms with Gasteiger partial charge in [0.1, 0.15) is 0 Å². The van der Waals surface area contributed by atoms with Gasteiger partial charge in [-0.1, -0.05) is 11.6 Å². The molecule has 0 bridgehead atoms. The number of nitrogens with zero attached hydrogens (tertiary/aromatic N) is 2. The van der Waals surface area contributed by atoms with E-state index in [1.54, 1.807) is 0 Å². The van der Waals surface area contributed by atoms with E-state index in [0.29, 0.717) is 0 Å². The lowest BCUT2D eigenvalue weighted by Crippen LogP contribution is -2.35. The van der Waals surface area contributed by atoms with E-state index in [1.807, 2.05) is 18.2 Å². The van der Waals surface area contributed by atoms with Crippen LogP contribution in [0.25, 0.3) is 0 Å². The second kappa shape index (κ2) is 6.24. The molecule has 5 heteroatoms. The minimum absolute atomic E-state index is 0.764. The summed E-state index contributed by atoms with van der Waals surface area (Å²) >= 11 is 10.8. The van der Waals surface area contributed by atoms with Gasteiger partial charge in [0, 0.05) is 24.7 Å². The fraction of sp³-hybridized carbons (Fsp3) is 0.417. The molecule has 17 heavy (non-hydrogen) atoms. The molecule has 0 aromatic heterocycles. The number of rotatable bonds is 3. The van der Waals surface area contributed by atoms with Crippen LogP contribution in [0.4, 0.5) is 5.69 Å². The summed E-state index contributed by atoms with van der Waals surface area (Å²) in [4.78, 5) is 6.28. The van der Waals surface area contributed by atoms with Crippen LogP contribution in [0, 0.1) is 0 Å². The first-order valence-corrected chi connectivity index (χ1v) is 6.24. The Balaban J connectivity index is 2.12. The third-order valence-electron chi connectivity index (χ3n) is 2.70. The first-order valence-electron chi connectivity index (χ1n) is 5.46. The fourth-order valence-electron chi connectivity index (χ4n) is 1.80.